The van der Waals surface area contributed by atoms with Crippen LogP contribution in [0.5, 0.6) is 0 Å². The minimum Gasteiger partial charge on any atom is -0.372 e. The van der Waals surface area contributed by atoms with E-state index in [9.17, 15) is 19.5 Å². The summed E-state index contributed by atoms with van der Waals surface area (Å²) in [6.45, 7) is 4.51. The van der Waals surface area contributed by atoms with Gasteiger partial charge in [-0.05, 0) is 68.7 Å². The van der Waals surface area contributed by atoms with Crippen molar-refractivity contribution in [1.29, 1.82) is 0 Å². The van der Waals surface area contributed by atoms with Crippen LogP contribution < -0.4 is 16.0 Å². The summed E-state index contributed by atoms with van der Waals surface area (Å²) in [4.78, 5) is 46.4. The van der Waals surface area contributed by atoms with Crippen LogP contribution in [0.3, 0.4) is 0 Å². The lowest BCUT2D eigenvalue weighted by Gasteiger charge is -2.33. The molecule has 0 spiro atoms. The maximum Gasteiger partial charge on any atom is 0.264 e. The zero-order valence-corrected chi connectivity index (χ0v) is 24.8. The van der Waals surface area contributed by atoms with Crippen molar-refractivity contribution in [3.05, 3.63) is 70.9 Å². The fourth-order valence-corrected chi connectivity index (χ4v) is 7.04. The fourth-order valence-electron chi connectivity index (χ4n) is 7.04. The molecule has 4 N–H and O–H groups in total. The van der Waals surface area contributed by atoms with Crippen LogP contribution in [0.25, 0.3) is 11.1 Å². The zero-order valence-electron chi connectivity index (χ0n) is 24.8. The molecule has 3 atom stereocenters. The Kier molecular flexibility index (Phi) is 8.45. The number of hydrogen-bond acceptors (Lipinski definition) is 6. The van der Waals surface area contributed by atoms with Gasteiger partial charge in [0.05, 0.1) is 0 Å². The maximum atomic E-state index is 14.1. The van der Waals surface area contributed by atoms with E-state index in [1.54, 1.807) is 17.0 Å². The number of piperidine rings is 1. The van der Waals surface area contributed by atoms with E-state index >= 15 is 0 Å². The number of fused-ring (bicyclic) bond motifs is 3. The van der Waals surface area contributed by atoms with E-state index in [0.717, 1.165) is 61.2 Å². The van der Waals surface area contributed by atoms with Crippen molar-refractivity contribution in [2.24, 2.45) is 10.9 Å². The summed E-state index contributed by atoms with van der Waals surface area (Å²) in [5.74, 6) is -0.582. The summed E-state index contributed by atoms with van der Waals surface area (Å²) in [7, 11) is 0. The van der Waals surface area contributed by atoms with Gasteiger partial charge in [-0.25, -0.2) is 0 Å². The summed E-state index contributed by atoms with van der Waals surface area (Å²) in [6, 6.07) is 14.4. The molecule has 4 aliphatic rings. The second kappa shape index (κ2) is 12.4. The Labute approximate surface area is 252 Å². The number of allylic oxidation sites excluding steroid dienone is 1. The van der Waals surface area contributed by atoms with Crippen LogP contribution in [0.1, 0.15) is 63.0 Å². The molecular weight excluding hydrogens is 542 g/mol. The van der Waals surface area contributed by atoms with Gasteiger partial charge < -0.3 is 26.0 Å². The highest BCUT2D eigenvalue weighted by molar-refractivity contribution is 6.01. The molecule has 0 radical (unpaired) electrons. The molecule has 226 valence electrons. The van der Waals surface area contributed by atoms with Crippen molar-refractivity contribution in [1.82, 2.24) is 20.9 Å². The van der Waals surface area contributed by atoms with Crippen molar-refractivity contribution in [3.63, 3.8) is 0 Å². The van der Waals surface area contributed by atoms with Gasteiger partial charge in [-0.2, -0.15) is 0 Å². The summed E-state index contributed by atoms with van der Waals surface area (Å²) >= 11 is 0. The topological polar surface area (TPSA) is 123 Å². The first-order valence-electron chi connectivity index (χ1n) is 15.6. The molecule has 2 aromatic carbocycles. The first kappa shape index (κ1) is 29.3. The number of rotatable bonds is 7. The van der Waals surface area contributed by atoms with E-state index < -0.39 is 17.6 Å². The van der Waals surface area contributed by atoms with Crippen LogP contribution in [0.4, 0.5) is 0 Å². The van der Waals surface area contributed by atoms with Gasteiger partial charge in [0.15, 0.2) is 5.60 Å². The van der Waals surface area contributed by atoms with Crippen LogP contribution in [-0.2, 0) is 20.0 Å². The lowest BCUT2D eigenvalue weighted by atomic mass is 9.89. The van der Waals surface area contributed by atoms with E-state index in [1.165, 1.54) is 0 Å². The average molecular weight is 584 g/mol. The van der Waals surface area contributed by atoms with E-state index in [0.29, 0.717) is 43.5 Å². The number of likely N-dealkylation sites (tertiary alicyclic amines) is 1. The molecule has 3 aliphatic heterocycles. The highest BCUT2D eigenvalue weighted by Crippen LogP contribution is 2.48. The van der Waals surface area contributed by atoms with E-state index in [2.05, 4.69) is 20.9 Å². The number of carbonyl (C=O) groups is 3. The zero-order chi connectivity index (χ0) is 30.0. The van der Waals surface area contributed by atoms with Crippen LogP contribution in [0.15, 0.2) is 64.8 Å². The van der Waals surface area contributed by atoms with Crippen molar-refractivity contribution in [2.45, 2.75) is 69.6 Å². The number of carbonyl (C=O) groups excluding carboxylic acids is 3. The molecule has 2 aromatic rings. The number of nitrogens with zero attached hydrogens (tertiary/aromatic N) is 2. The number of amides is 3. The average Bonchev–Trinajstić information content (AvgIpc) is 3.57. The minimum atomic E-state index is -1.83. The fraction of sp³-hybridized carbons (Fsp3) is 0.471. The summed E-state index contributed by atoms with van der Waals surface area (Å²) in [6.07, 6.45) is 7.10. The number of aliphatic imine (C=N–C) groups is 1. The largest absolute Gasteiger partial charge is 0.372 e. The van der Waals surface area contributed by atoms with Gasteiger partial charge in [-0.1, -0.05) is 48.5 Å². The Hall–Kier alpha value is -3.82. The normalized spacial score (nSPS) is 24.2. The van der Waals surface area contributed by atoms with E-state index in [1.807, 2.05) is 49.5 Å². The lowest BCUT2D eigenvalue weighted by molar-refractivity contribution is -0.151. The third-order valence-electron chi connectivity index (χ3n) is 9.44. The number of aliphatic hydroxyl groups is 1. The molecule has 2 unspecified atom stereocenters. The Morgan fingerprint density at radius 1 is 1.02 bits per heavy atom. The number of benzene rings is 2. The predicted octanol–water partition coefficient (Wildman–Crippen LogP) is 3.02. The van der Waals surface area contributed by atoms with Crippen molar-refractivity contribution >= 4 is 23.9 Å². The van der Waals surface area contributed by atoms with Crippen LogP contribution in [-0.4, -0.2) is 72.2 Å². The third kappa shape index (κ3) is 5.76. The second-order valence-electron chi connectivity index (χ2n) is 12.3. The van der Waals surface area contributed by atoms with Crippen molar-refractivity contribution < 1.29 is 19.5 Å². The Balaban J connectivity index is 1.07. The first-order chi connectivity index (χ1) is 20.9. The summed E-state index contributed by atoms with van der Waals surface area (Å²) < 4.78 is 0. The predicted molar refractivity (Wildman–Crippen MR) is 165 cm³/mol. The highest BCUT2D eigenvalue weighted by Gasteiger charge is 2.52. The summed E-state index contributed by atoms with van der Waals surface area (Å²) in [5, 5.41) is 21.6. The molecular formula is C34H41N5O4. The molecule has 3 amide bonds. The first-order valence-corrected chi connectivity index (χ1v) is 15.6. The quantitative estimate of drug-likeness (QED) is 0.399. The van der Waals surface area contributed by atoms with Crippen molar-refractivity contribution in [3.8, 4) is 11.1 Å². The monoisotopic (exact) mass is 583 g/mol. The molecule has 0 bridgehead atoms. The summed E-state index contributed by atoms with van der Waals surface area (Å²) in [5.41, 5.74) is 2.84. The molecule has 0 saturated carbocycles. The van der Waals surface area contributed by atoms with Gasteiger partial charge in [-0.3, -0.25) is 19.4 Å². The number of nitrogens with one attached hydrogen (secondary N) is 3. The molecule has 43 heavy (non-hydrogen) atoms. The second-order valence-corrected chi connectivity index (χ2v) is 12.3. The van der Waals surface area contributed by atoms with Gasteiger partial charge >= 0.3 is 0 Å². The third-order valence-corrected chi connectivity index (χ3v) is 9.44. The van der Waals surface area contributed by atoms with Crippen molar-refractivity contribution in [2.75, 3.05) is 26.2 Å². The van der Waals surface area contributed by atoms with E-state index in [4.69, 9.17) is 0 Å². The molecule has 6 rings (SSSR count). The van der Waals surface area contributed by atoms with Gasteiger partial charge in [-0.15, -0.1) is 0 Å². The lowest BCUT2D eigenvalue weighted by Crippen LogP contribution is -2.53. The molecule has 2 fully saturated rings. The highest BCUT2D eigenvalue weighted by atomic mass is 16.3. The van der Waals surface area contributed by atoms with Gasteiger partial charge in [0.25, 0.3) is 5.91 Å². The minimum absolute atomic E-state index is 0.0422. The smallest absolute Gasteiger partial charge is 0.264 e. The van der Waals surface area contributed by atoms with Crippen LogP contribution >= 0.6 is 0 Å². The van der Waals surface area contributed by atoms with Gasteiger partial charge in [0, 0.05) is 61.1 Å². The maximum absolute atomic E-state index is 14.1. The van der Waals surface area contributed by atoms with Gasteiger partial charge in [0.1, 0.15) is 6.04 Å². The molecule has 3 heterocycles. The van der Waals surface area contributed by atoms with Crippen LogP contribution in [0.2, 0.25) is 0 Å². The number of hydrogen-bond donors (Lipinski definition) is 4. The van der Waals surface area contributed by atoms with Gasteiger partial charge in [0.2, 0.25) is 11.8 Å². The SMILES string of the molecule is CC1=C(CNC(=O)[C@@H]2CCCN2C(=O)C2(O)c3ccccc3-c3ccccc32)CCC(CC(=O)NC2CCCNC2)C=N1. The Bertz CT molecular complexity index is 1410. The van der Waals surface area contributed by atoms with Crippen LogP contribution in [0, 0.1) is 5.92 Å². The molecule has 9 nitrogen and oxygen atoms in total. The molecule has 0 aromatic heterocycles. The molecule has 9 heteroatoms. The molecule has 2 saturated heterocycles. The Morgan fingerprint density at radius 3 is 2.44 bits per heavy atom. The standard InChI is InChI=1S/C34H41N5O4/c1-22-24(15-14-23(19-36-22)18-31(40)38-25-8-6-16-35-21-25)20-37-32(41)30-13-7-17-39(30)33(42)34(43)28-11-4-2-9-26(28)27-10-3-5-12-29(27)34/h2-5,9-12,19,23,25,30,35,43H,6-8,13-18,20-21H2,1H3,(H,37,41)(H,38,40)/t23?,25?,30-/m0/s1. The van der Waals surface area contributed by atoms with E-state index in [-0.39, 0.29) is 23.8 Å². The Morgan fingerprint density at radius 2 is 1.74 bits per heavy atom. The molecule has 1 aliphatic carbocycles.